The van der Waals surface area contributed by atoms with E-state index in [1.807, 2.05) is 0 Å². The van der Waals surface area contributed by atoms with Gasteiger partial charge in [0.2, 0.25) is 0 Å². The molecule has 0 radical (unpaired) electrons. The van der Waals surface area contributed by atoms with E-state index in [0.29, 0.717) is 20.4 Å². The molecule has 0 unspecified atom stereocenters. The van der Waals surface area contributed by atoms with Gasteiger partial charge in [0.05, 0.1) is 9.50 Å². The van der Waals surface area contributed by atoms with E-state index in [4.69, 9.17) is 11.6 Å². The second-order valence-electron chi connectivity index (χ2n) is 3.50. The Morgan fingerprint density at radius 1 is 1.25 bits per heavy atom. The molecule has 0 aliphatic carbocycles. The number of carbonyl (C=O) groups is 1. The zero-order valence-electron chi connectivity index (χ0n) is 8.35. The number of hydrogen-bond donors (Lipinski definition) is 0. The third-order valence-electron chi connectivity index (χ3n) is 2.34. The molecule has 0 saturated heterocycles. The van der Waals surface area contributed by atoms with E-state index in [0.717, 1.165) is 5.39 Å². The molecule has 0 heterocycles. The Morgan fingerprint density at radius 2 is 1.88 bits per heavy atom. The first kappa shape index (κ1) is 11.6. The summed E-state index contributed by atoms with van der Waals surface area (Å²) in [5.41, 5.74) is 0.413. The minimum Gasteiger partial charge on any atom is -0.294 e. The third-order valence-corrected chi connectivity index (χ3v) is 3.27. The lowest BCUT2D eigenvalue weighted by molar-refractivity contribution is 0.101. The maximum atomic E-state index is 13.3. The number of halogens is 3. The Kier molecular flexibility index (Phi) is 3.00. The molecule has 0 N–H and O–H groups in total. The summed E-state index contributed by atoms with van der Waals surface area (Å²) in [7, 11) is 0. The lowest BCUT2D eigenvalue weighted by atomic mass is 10.0. The van der Waals surface area contributed by atoms with Crippen molar-refractivity contribution in [1.82, 2.24) is 0 Å². The molecule has 0 saturated carbocycles. The van der Waals surface area contributed by atoms with Gasteiger partial charge in [0.1, 0.15) is 5.82 Å². The summed E-state index contributed by atoms with van der Waals surface area (Å²) < 4.78 is 13.7. The predicted octanol–water partition coefficient (Wildman–Crippen LogP) is 4.60. The number of benzene rings is 2. The Hall–Kier alpha value is -0.930. The maximum absolute atomic E-state index is 13.3. The largest absolute Gasteiger partial charge is 0.294 e. The fourth-order valence-corrected chi connectivity index (χ4v) is 2.20. The van der Waals surface area contributed by atoms with E-state index in [1.54, 1.807) is 18.2 Å². The van der Waals surface area contributed by atoms with Gasteiger partial charge in [-0.05, 0) is 57.9 Å². The van der Waals surface area contributed by atoms with E-state index in [2.05, 4.69) is 15.9 Å². The molecular weight excluding hydrogens is 294 g/mol. The highest BCUT2D eigenvalue weighted by atomic mass is 79.9. The Morgan fingerprint density at radius 3 is 2.50 bits per heavy atom. The average Bonchev–Trinajstić information content (AvgIpc) is 2.19. The van der Waals surface area contributed by atoms with Crippen molar-refractivity contribution in [3.8, 4) is 0 Å². The number of ketones is 1. The van der Waals surface area contributed by atoms with Crippen molar-refractivity contribution in [3.63, 3.8) is 0 Å². The van der Waals surface area contributed by atoms with Crippen LogP contribution in [-0.2, 0) is 0 Å². The second kappa shape index (κ2) is 4.15. The van der Waals surface area contributed by atoms with Crippen molar-refractivity contribution in [2.45, 2.75) is 6.92 Å². The summed E-state index contributed by atoms with van der Waals surface area (Å²) in [6.07, 6.45) is 0. The van der Waals surface area contributed by atoms with Gasteiger partial charge >= 0.3 is 0 Å². The summed E-state index contributed by atoms with van der Waals surface area (Å²) in [5.74, 6) is -0.487. The van der Waals surface area contributed by atoms with Crippen LogP contribution in [0.15, 0.2) is 28.7 Å². The first-order chi connectivity index (χ1) is 7.49. The van der Waals surface area contributed by atoms with Crippen LogP contribution in [0.3, 0.4) is 0 Å². The molecule has 0 aromatic heterocycles. The third kappa shape index (κ3) is 1.97. The van der Waals surface area contributed by atoms with Gasteiger partial charge in [-0.3, -0.25) is 4.79 Å². The van der Waals surface area contributed by atoms with Crippen LogP contribution in [0, 0.1) is 5.82 Å². The van der Waals surface area contributed by atoms with Gasteiger partial charge < -0.3 is 0 Å². The van der Waals surface area contributed by atoms with Crippen molar-refractivity contribution in [2.24, 2.45) is 0 Å². The molecule has 2 aromatic rings. The number of carbonyl (C=O) groups excluding carboxylic acids is 1. The molecule has 0 fully saturated rings. The quantitative estimate of drug-likeness (QED) is 0.704. The van der Waals surface area contributed by atoms with E-state index in [1.165, 1.54) is 13.0 Å². The SMILES string of the molecule is CC(=O)c1cc2cc(F)c(Br)cc2cc1Cl. The lowest BCUT2D eigenvalue weighted by Gasteiger charge is -2.05. The standard InChI is InChI=1S/C12H7BrClFO/c1-6(16)9-2-7-5-12(15)10(13)3-8(7)4-11(9)14/h2-5H,1H3. The van der Waals surface area contributed by atoms with Crippen LogP contribution < -0.4 is 0 Å². The molecule has 16 heavy (non-hydrogen) atoms. The first-order valence-corrected chi connectivity index (χ1v) is 5.75. The van der Waals surface area contributed by atoms with Crippen LogP contribution in [0.25, 0.3) is 10.8 Å². The highest BCUT2D eigenvalue weighted by Crippen LogP contribution is 2.28. The minimum absolute atomic E-state index is 0.129. The average molecular weight is 302 g/mol. The topological polar surface area (TPSA) is 17.1 Å². The van der Waals surface area contributed by atoms with Gasteiger partial charge in [0, 0.05) is 5.56 Å². The Labute approximate surface area is 105 Å². The molecule has 1 nitrogen and oxygen atoms in total. The normalized spacial score (nSPS) is 10.8. The van der Waals surface area contributed by atoms with E-state index >= 15 is 0 Å². The van der Waals surface area contributed by atoms with Crippen LogP contribution in [0.5, 0.6) is 0 Å². The fourth-order valence-electron chi connectivity index (χ4n) is 1.54. The van der Waals surface area contributed by atoms with Crippen molar-refractivity contribution in [3.05, 3.63) is 45.1 Å². The van der Waals surface area contributed by atoms with Gasteiger partial charge in [0.25, 0.3) is 0 Å². The number of Topliss-reactive ketones (excluding diaryl/α,β-unsaturated/α-hetero) is 1. The monoisotopic (exact) mass is 300 g/mol. The lowest BCUT2D eigenvalue weighted by Crippen LogP contribution is -1.93. The summed E-state index contributed by atoms with van der Waals surface area (Å²) in [6.45, 7) is 1.43. The summed E-state index contributed by atoms with van der Waals surface area (Å²) in [6, 6.07) is 6.29. The molecule has 0 aliphatic rings. The van der Waals surface area contributed by atoms with Crippen molar-refractivity contribution in [1.29, 1.82) is 0 Å². The Balaban J connectivity index is 2.79. The highest BCUT2D eigenvalue weighted by molar-refractivity contribution is 9.10. The molecule has 0 aliphatic heterocycles. The maximum Gasteiger partial charge on any atom is 0.161 e. The second-order valence-corrected chi connectivity index (χ2v) is 4.76. The van der Waals surface area contributed by atoms with Gasteiger partial charge in [-0.1, -0.05) is 11.6 Å². The van der Waals surface area contributed by atoms with Crippen LogP contribution in [0.1, 0.15) is 17.3 Å². The summed E-state index contributed by atoms with van der Waals surface area (Å²) in [4.78, 5) is 11.3. The van der Waals surface area contributed by atoms with Crippen LogP contribution in [0.4, 0.5) is 4.39 Å². The molecule has 0 atom stereocenters. The zero-order valence-corrected chi connectivity index (χ0v) is 10.7. The van der Waals surface area contributed by atoms with Crippen LogP contribution >= 0.6 is 27.5 Å². The molecule has 2 rings (SSSR count). The van der Waals surface area contributed by atoms with Crippen LogP contribution in [-0.4, -0.2) is 5.78 Å². The number of hydrogen-bond acceptors (Lipinski definition) is 1. The first-order valence-electron chi connectivity index (χ1n) is 4.58. The van der Waals surface area contributed by atoms with Gasteiger partial charge in [0.15, 0.2) is 5.78 Å². The summed E-state index contributed by atoms with van der Waals surface area (Å²) in [5, 5.41) is 1.84. The van der Waals surface area contributed by atoms with Crippen molar-refractivity contribution in [2.75, 3.05) is 0 Å². The van der Waals surface area contributed by atoms with Crippen molar-refractivity contribution >= 4 is 44.1 Å². The molecule has 82 valence electrons. The van der Waals surface area contributed by atoms with E-state index < -0.39 is 0 Å². The Bertz CT molecular complexity index is 595. The molecule has 2 aromatic carbocycles. The number of fused-ring (bicyclic) bond motifs is 1. The number of rotatable bonds is 1. The minimum atomic E-state index is -0.357. The smallest absolute Gasteiger partial charge is 0.161 e. The predicted molar refractivity (Wildman–Crippen MR) is 66.6 cm³/mol. The molecule has 0 amide bonds. The van der Waals surface area contributed by atoms with Gasteiger partial charge in [-0.25, -0.2) is 4.39 Å². The van der Waals surface area contributed by atoms with Crippen LogP contribution in [0.2, 0.25) is 5.02 Å². The van der Waals surface area contributed by atoms with E-state index in [9.17, 15) is 9.18 Å². The van der Waals surface area contributed by atoms with E-state index in [-0.39, 0.29) is 11.6 Å². The summed E-state index contributed by atoms with van der Waals surface area (Å²) >= 11 is 9.06. The van der Waals surface area contributed by atoms with Gasteiger partial charge in [-0.2, -0.15) is 0 Å². The van der Waals surface area contributed by atoms with Gasteiger partial charge in [-0.15, -0.1) is 0 Å². The molecule has 0 spiro atoms. The molecule has 4 heteroatoms. The molecular formula is C12H7BrClFO. The molecule has 0 bridgehead atoms. The van der Waals surface area contributed by atoms with Crippen molar-refractivity contribution < 1.29 is 9.18 Å². The fraction of sp³-hybridized carbons (Fsp3) is 0.0833. The zero-order chi connectivity index (χ0) is 11.9. The highest BCUT2D eigenvalue weighted by Gasteiger charge is 2.09.